The number of aliphatic imine (C=N–C) groups is 1. The van der Waals surface area contributed by atoms with Crippen LogP contribution in [0.3, 0.4) is 0 Å². The van der Waals surface area contributed by atoms with E-state index in [2.05, 4.69) is 47.0 Å². The monoisotopic (exact) mass is 455 g/mol. The summed E-state index contributed by atoms with van der Waals surface area (Å²) < 4.78 is 0. The molecule has 0 saturated carbocycles. The lowest BCUT2D eigenvalue weighted by atomic mass is 9.91. The zero-order valence-electron chi connectivity index (χ0n) is 13.4. The summed E-state index contributed by atoms with van der Waals surface area (Å²) in [4.78, 5) is 5.60. The fourth-order valence-electron chi connectivity index (χ4n) is 2.26. The van der Waals surface area contributed by atoms with Crippen LogP contribution in [0.2, 0.25) is 0 Å². The Balaban J connectivity index is 0.00000242. The molecule has 1 unspecified atom stereocenters. The first kappa shape index (κ1) is 20.1. The molecule has 1 aliphatic rings. The highest BCUT2D eigenvalue weighted by Crippen LogP contribution is 2.27. The Morgan fingerprint density at radius 2 is 2.23 bits per heavy atom. The Morgan fingerprint density at radius 1 is 1.45 bits per heavy atom. The molecule has 7 heteroatoms. The van der Waals surface area contributed by atoms with E-state index in [0.29, 0.717) is 6.54 Å². The minimum Gasteiger partial charge on any atom is -0.387 e. The molecule has 0 radical (unpaired) electrons. The number of hydrogen-bond acceptors (Lipinski definition) is 4. The number of aliphatic hydroxyl groups is 1. The van der Waals surface area contributed by atoms with Crippen molar-refractivity contribution in [2.75, 3.05) is 31.6 Å². The number of rotatable bonds is 5. The van der Waals surface area contributed by atoms with Gasteiger partial charge in [-0.15, -0.1) is 35.3 Å². The molecule has 3 N–H and O–H groups in total. The minimum absolute atomic E-state index is 0. The van der Waals surface area contributed by atoms with E-state index >= 15 is 0 Å². The van der Waals surface area contributed by atoms with Crippen molar-refractivity contribution in [3.05, 3.63) is 22.4 Å². The lowest BCUT2D eigenvalue weighted by Crippen LogP contribution is -2.49. The quantitative estimate of drug-likeness (QED) is 0.363. The van der Waals surface area contributed by atoms with Gasteiger partial charge in [0.15, 0.2) is 5.96 Å². The fourth-order valence-corrected chi connectivity index (χ4v) is 4.41. The van der Waals surface area contributed by atoms with Gasteiger partial charge < -0.3 is 15.7 Å². The smallest absolute Gasteiger partial charge is 0.191 e. The number of nitrogens with one attached hydrogen (secondary N) is 2. The van der Waals surface area contributed by atoms with Gasteiger partial charge >= 0.3 is 0 Å². The maximum absolute atomic E-state index is 10.3. The van der Waals surface area contributed by atoms with Crippen molar-refractivity contribution in [3.63, 3.8) is 0 Å². The number of guanidine groups is 1. The van der Waals surface area contributed by atoms with Gasteiger partial charge in [-0.25, -0.2) is 0 Å². The number of nitrogens with zero attached hydrogens (tertiary/aromatic N) is 1. The molecule has 1 atom stereocenters. The van der Waals surface area contributed by atoms with Crippen molar-refractivity contribution in [2.45, 2.75) is 31.3 Å². The molecular weight excluding hydrogens is 429 g/mol. The first-order valence-electron chi connectivity index (χ1n) is 7.24. The number of thioether (sulfide) groups is 1. The molecular formula is C15H26IN3OS2. The molecule has 1 fully saturated rings. The van der Waals surface area contributed by atoms with Crippen LogP contribution in [0, 0.1) is 0 Å². The molecule has 0 aromatic carbocycles. The van der Waals surface area contributed by atoms with Crippen LogP contribution in [0.4, 0.5) is 0 Å². The number of hydrogen-bond donors (Lipinski definition) is 3. The summed E-state index contributed by atoms with van der Waals surface area (Å²) in [6, 6.07) is 4.25. The van der Waals surface area contributed by atoms with Crippen LogP contribution in [0.5, 0.6) is 0 Å². The van der Waals surface area contributed by atoms with Gasteiger partial charge in [-0.05, 0) is 23.6 Å². The van der Waals surface area contributed by atoms with Gasteiger partial charge in [-0.1, -0.05) is 19.9 Å². The van der Waals surface area contributed by atoms with Crippen molar-refractivity contribution in [3.8, 4) is 0 Å². The molecule has 0 aliphatic carbocycles. The molecule has 1 aromatic heterocycles. The molecule has 1 aromatic rings. The van der Waals surface area contributed by atoms with E-state index in [1.807, 2.05) is 11.8 Å². The summed E-state index contributed by atoms with van der Waals surface area (Å²) in [5.41, 5.74) is -0.530. The number of halogens is 1. The highest BCUT2D eigenvalue weighted by atomic mass is 127. The molecule has 2 heterocycles. The van der Waals surface area contributed by atoms with Crippen molar-refractivity contribution < 1.29 is 5.11 Å². The van der Waals surface area contributed by atoms with E-state index in [4.69, 9.17) is 0 Å². The summed E-state index contributed by atoms with van der Waals surface area (Å²) >= 11 is 3.59. The maximum atomic E-state index is 10.3. The van der Waals surface area contributed by atoms with Crippen LogP contribution in [0.25, 0.3) is 0 Å². The molecule has 0 bridgehead atoms. The Labute approximate surface area is 158 Å². The Bertz CT molecular complexity index is 471. The SMILES string of the molecule is CN=C(NCC1(O)CCSC1)NCC(C)(C)c1cccs1.I. The molecule has 4 nitrogen and oxygen atoms in total. The summed E-state index contributed by atoms with van der Waals surface area (Å²) in [7, 11) is 1.76. The Morgan fingerprint density at radius 3 is 2.77 bits per heavy atom. The first-order valence-corrected chi connectivity index (χ1v) is 9.27. The zero-order valence-corrected chi connectivity index (χ0v) is 17.4. The third-order valence-electron chi connectivity index (χ3n) is 3.78. The largest absolute Gasteiger partial charge is 0.387 e. The van der Waals surface area contributed by atoms with E-state index < -0.39 is 5.60 Å². The number of thiophene rings is 1. The molecule has 0 amide bonds. The van der Waals surface area contributed by atoms with Crippen LogP contribution in [-0.2, 0) is 5.41 Å². The fraction of sp³-hybridized carbons (Fsp3) is 0.667. The molecule has 2 rings (SSSR count). The normalized spacial score (nSPS) is 22.3. The van der Waals surface area contributed by atoms with Crippen molar-refractivity contribution in [1.29, 1.82) is 0 Å². The maximum Gasteiger partial charge on any atom is 0.191 e. The van der Waals surface area contributed by atoms with Gasteiger partial charge in [0.2, 0.25) is 0 Å². The van der Waals surface area contributed by atoms with Crippen molar-refractivity contribution in [2.24, 2.45) is 4.99 Å². The predicted molar refractivity (Wildman–Crippen MR) is 109 cm³/mol. The summed E-state index contributed by atoms with van der Waals surface area (Å²) in [6.45, 7) is 5.81. The lowest BCUT2D eigenvalue weighted by Gasteiger charge is -2.27. The summed E-state index contributed by atoms with van der Waals surface area (Å²) in [5, 5.41) is 19.1. The summed E-state index contributed by atoms with van der Waals surface area (Å²) in [6.07, 6.45) is 0.850. The van der Waals surface area contributed by atoms with E-state index in [9.17, 15) is 5.11 Å². The molecule has 1 aliphatic heterocycles. The molecule has 1 saturated heterocycles. The third-order valence-corrected chi connectivity index (χ3v) is 6.25. The predicted octanol–water partition coefficient (Wildman–Crippen LogP) is 2.68. The minimum atomic E-state index is -0.592. The zero-order chi connectivity index (χ0) is 15.3. The van der Waals surface area contributed by atoms with E-state index in [0.717, 1.165) is 30.4 Å². The summed E-state index contributed by atoms with van der Waals surface area (Å²) in [5.74, 6) is 2.60. The molecule has 22 heavy (non-hydrogen) atoms. The van der Waals surface area contributed by atoms with Gasteiger partial charge in [0.1, 0.15) is 0 Å². The second-order valence-electron chi connectivity index (χ2n) is 6.17. The van der Waals surface area contributed by atoms with Gasteiger partial charge in [0.05, 0.1) is 5.60 Å². The van der Waals surface area contributed by atoms with E-state index in [1.54, 1.807) is 18.4 Å². The molecule has 126 valence electrons. The van der Waals surface area contributed by atoms with Gasteiger partial charge in [0, 0.05) is 36.2 Å². The van der Waals surface area contributed by atoms with Crippen molar-refractivity contribution in [1.82, 2.24) is 10.6 Å². The molecule has 0 spiro atoms. The third kappa shape index (κ3) is 5.58. The van der Waals surface area contributed by atoms with Crippen LogP contribution in [0.1, 0.15) is 25.1 Å². The Kier molecular flexibility index (Phi) is 7.97. The van der Waals surface area contributed by atoms with Gasteiger partial charge in [0.25, 0.3) is 0 Å². The highest BCUT2D eigenvalue weighted by Gasteiger charge is 2.31. The van der Waals surface area contributed by atoms with Crippen LogP contribution in [0.15, 0.2) is 22.5 Å². The lowest BCUT2D eigenvalue weighted by molar-refractivity contribution is 0.0724. The van der Waals surface area contributed by atoms with Crippen LogP contribution in [-0.4, -0.2) is 48.3 Å². The average molecular weight is 455 g/mol. The average Bonchev–Trinajstić information content (AvgIpc) is 3.11. The first-order chi connectivity index (χ1) is 9.95. The standard InChI is InChI=1S/C15H25N3OS2.HI/c1-14(2,12-5-4-7-21-12)9-17-13(16-3)18-10-15(19)6-8-20-11-15;/h4-5,7,19H,6,8-11H2,1-3H3,(H2,16,17,18);1H. The van der Waals surface area contributed by atoms with Crippen LogP contribution < -0.4 is 10.6 Å². The second-order valence-corrected chi connectivity index (χ2v) is 8.22. The van der Waals surface area contributed by atoms with Gasteiger partial charge in [-0.2, -0.15) is 11.8 Å². The van der Waals surface area contributed by atoms with E-state index in [-0.39, 0.29) is 29.4 Å². The highest BCUT2D eigenvalue weighted by molar-refractivity contribution is 14.0. The van der Waals surface area contributed by atoms with E-state index in [1.165, 1.54) is 4.88 Å². The van der Waals surface area contributed by atoms with Crippen molar-refractivity contribution >= 4 is 53.0 Å². The Hall–Kier alpha value is 0.01000. The van der Waals surface area contributed by atoms with Crippen LogP contribution >= 0.6 is 47.1 Å². The topological polar surface area (TPSA) is 56.7 Å². The second kappa shape index (κ2) is 8.75. The van der Waals surface area contributed by atoms with Gasteiger partial charge in [-0.3, -0.25) is 4.99 Å².